The Hall–Kier alpha value is -3.53. The molecule has 0 aliphatic heterocycles. The Kier molecular flexibility index (Phi) is 8.39. The van der Waals surface area contributed by atoms with Gasteiger partial charge in [-0.15, -0.1) is 0 Å². The Morgan fingerprint density at radius 2 is 1.94 bits per heavy atom. The van der Waals surface area contributed by atoms with E-state index in [2.05, 4.69) is 30.6 Å². The molecule has 186 valence electrons. The normalized spacial score (nSPS) is 12.1. The first-order chi connectivity index (χ1) is 16.5. The quantitative estimate of drug-likeness (QED) is 0.420. The third kappa shape index (κ3) is 8.03. The SMILES string of the molecule is CC(Cc1cccc(CNC(=O)OC(C)(C)C)c1)Nc1nccc(N(C)c2nc(Cl)ncc2F)n1. The van der Waals surface area contributed by atoms with Crippen molar-refractivity contribution in [3.8, 4) is 0 Å². The topological polar surface area (TPSA) is 105 Å². The van der Waals surface area contributed by atoms with E-state index in [4.69, 9.17) is 16.3 Å². The Morgan fingerprint density at radius 1 is 1.20 bits per heavy atom. The molecule has 1 atom stereocenters. The van der Waals surface area contributed by atoms with Crippen LogP contribution in [0, 0.1) is 5.82 Å². The van der Waals surface area contributed by atoms with Crippen LogP contribution in [0.5, 0.6) is 0 Å². The first kappa shape index (κ1) is 26.1. The molecule has 2 heterocycles. The van der Waals surface area contributed by atoms with Crippen LogP contribution >= 0.6 is 11.6 Å². The highest BCUT2D eigenvalue weighted by atomic mass is 35.5. The fourth-order valence-electron chi connectivity index (χ4n) is 3.27. The van der Waals surface area contributed by atoms with Crippen LogP contribution in [-0.4, -0.2) is 44.7 Å². The molecule has 0 spiro atoms. The summed E-state index contributed by atoms with van der Waals surface area (Å²) in [6, 6.07) is 9.58. The third-order valence-electron chi connectivity index (χ3n) is 4.74. The van der Waals surface area contributed by atoms with Gasteiger partial charge in [0.1, 0.15) is 11.4 Å². The molecular formula is C24H29ClFN7O2. The number of amides is 1. The first-order valence-electron chi connectivity index (χ1n) is 11.1. The Bertz CT molecular complexity index is 1170. The summed E-state index contributed by atoms with van der Waals surface area (Å²) in [6.07, 6.45) is 2.84. The van der Waals surface area contributed by atoms with E-state index >= 15 is 0 Å². The second-order valence-corrected chi connectivity index (χ2v) is 9.37. The van der Waals surface area contributed by atoms with Crippen LogP contribution in [0.25, 0.3) is 0 Å². The van der Waals surface area contributed by atoms with E-state index in [9.17, 15) is 9.18 Å². The summed E-state index contributed by atoms with van der Waals surface area (Å²) in [4.78, 5) is 29.7. The van der Waals surface area contributed by atoms with Gasteiger partial charge in [0.05, 0.1) is 6.20 Å². The zero-order valence-electron chi connectivity index (χ0n) is 20.3. The Morgan fingerprint density at radius 3 is 2.69 bits per heavy atom. The van der Waals surface area contributed by atoms with Crippen LogP contribution in [0.15, 0.2) is 42.7 Å². The average molecular weight is 502 g/mol. The minimum Gasteiger partial charge on any atom is -0.444 e. The number of alkyl carbamates (subject to hydrolysis) is 1. The monoisotopic (exact) mass is 501 g/mol. The number of aromatic nitrogens is 4. The van der Waals surface area contributed by atoms with Crippen molar-refractivity contribution in [1.29, 1.82) is 0 Å². The van der Waals surface area contributed by atoms with Crippen molar-refractivity contribution >= 4 is 35.3 Å². The molecule has 0 aliphatic carbocycles. The minimum atomic E-state index is -0.612. The molecule has 1 aromatic carbocycles. The van der Waals surface area contributed by atoms with Crippen LogP contribution in [0.2, 0.25) is 5.28 Å². The van der Waals surface area contributed by atoms with Gasteiger partial charge in [-0.05, 0) is 62.9 Å². The first-order valence-corrected chi connectivity index (χ1v) is 11.4. The fraction of sp³-hybridized carbons (Fsp3) is 0.375. The number of halogens is 2. The highest BCUT2D eigenvalue weighted by Crippen LogP contribution is 2.24. The fourth-order valence-corrected chi connectivity index (χ4v) is 3.40. The molecule has 0 fully saturated rings. The molecule has 0 saturated carbocycles. The van der Waals surface area contributed by atoms with Crippen LogP contribution in [0.4, 0.5) is 26.8 Å². The van der Waals surface area contributed by atoms with E-state index in [-0.39, 0.29) is 17.1 Å². The van der Waals surface area contributed by atoms with Gasteiger partial charge in [-0.3, -0.25) is 0 Å². The third-order valence-corrected chi connectivity index (χ3v) is 4.93. The van der Waals surface area contributed by atoms with Crippen LogP contribution in [-0.2, 0) is 17.7 Å². The zero-order valence-corrected chi connectivity index (χ0v) is 21.1. The van der Waals surface area contributed by atoms with Crippen molar-refractivity contribution in [2.24, 2.45) is 0 Å². The Balaban J connectivity index is 1.61. The number of hydrogen-bond donors (Lipinski definition) is 2. The van der Waals surface area contributed by atoms with Crippen molar-refractivity contribution in [2.45, 2.75) is 52.3 Å². The number of ether oxygens (including phenoxy) is 1. The molecule has 3 aromatic rings. The highest BCUT2D eigenvalue weighted by Gasteiger charge is 2.17. The number of carbonyl (C=O) groups excluding carboxylic acids is 1. The number of anilines is 3. The molecule has 1 unspecified atom stereocenters. The van der Waals surface area contributed by atoms with Crippen molar-refractivity contribution in [1.82, 2.24) is 25.3 Å². The lowest BCUT2D eigenvalue weighted by Crippen LogP contribution is -2.32. The van der Waals surface area contributed by atoms with Crippen molar-refractivity contribution in [3.63, 3.8) is 0 Å². The predicted molar refractivity (Wildman–Crippen MR) is 133 cm³/mol. The number of nitrogens with zero attached hydrogens (tertiary/aromatic N) is 5. The molecule has 0 bridgehead atoms. The minimum absolute atomic E-state index is 0.00477. The molecule has 1 amide bonds. The molecule has 35 heavy (non-hydrogen) atoms. The summed E-state index contributed by atoms with van der Waals surface area (Å²) in [5.41, 5.74) is 1.50. The van der Waals surface area contributed by atoms with Gasteiger partial charge in [0.2, 0.25) is 11.2 Å². The van der Waals surface area contributed by atoms with Crippen molar-refractivity contribution in [3.05, 3.63) is 65.0 Å². The number of hydrogen-bond acceptors (Lipinski definition) is 8. The highest BCUT2D eigenvalue weighted by molar-refractivity contribution is 6.28. The summed E-state index contributed by atoms with van der Waals surface area (Å²) in [5.74, 6) is 0.239. The number of benzene rings is 1. The lowest BCUT2D eigenvalue weighted by atomic mass is 10.0. The lowest BCUT2D eigenvalue weighted by Gasteiger charge is -2.20. The van der Waals surface area contributed by atoms with Crippen LogP contribution in [0.3, 0.4) is 0 Å². The van der Waals surface area contributed by atoms with Gasteiger partial charge in [-0.2, -0.15) is 9.97 Å². The summed E-state index contributed by atoms with van der Waals surface area (Å²) in [5, 5.41) is 5.98. The van der Waals surface area contributed by atoms with E-state index in [0.29, 0.717) is 24.7 Å². The lowest BCUT2D eigenvalue weighted by molar-refractivity contribution is 0.0523. The summed E-state index contributed by atoms with van der Waals surface area (Å²) in [7, 11) is 1.63. The van der Waals surface area contributed by atoms with E-state index in [1.54, 1.807) is 19.3 Å². The molecule has 9 nitrogen and oxygen atoms in total. The second kappa shape index (κ2) is 11.3. The van der Waals surface area contributed by atoms with Gasteiger partial charge in [0.25, 0.3) is 0 Å². The van der Waals surface area contributed by atoms with Crippen LogP contribution < -0.4 is 15.5 Å². The molecule has 2 N–H and O–H groups in total. The standard InChI is InChI=1S/C24H29ClFN7O2/c1-15(11-16-7-6-8-17(12-16)13-29-23(34)35-24(2,3)4)30-22-27-10-9-19(31-22)33(5)20-18(26)14-28-21(25)32-20/h6-10,12,14-15H,11,13H2,1-5H3,(H,29,34)(H,27,30,31). The molecule has 0 radical (unpaired) electrons. The second-order valence-electron chi connectivity index (χ2n) is 9.03. The molecule has 3 rings (SSSR count). The zero-order chi connectivity index (χ0) is 25.6. The smallest absolute Gasteiger partial charge is 0.407 e. The van der Waals surface area contributed by atoms with Gasteiger partial charge < -0.3 is 20.3 Å². The van der Waals surface area contributed by atoms with E-state index in [1.807, 2.05) is 52.0 Å². The van der Waals surface area contributed by atoms with Gasteiger partial charge >= 0.3 is 6.09 Å². The van der Waals surface area contributed by atoms with E-state index in [0.717, 1.165) is 17.3 Å². The van der Waals surface area contributed by atoms with Gasteiger partial charge in [-0.25, -0.2) is 19.2 Å². The van der Waals surface area contributed by atoms with Crippen LogP contribution in [0.1, 0.15) is 38.8 Å². The maximum atomic E-state index is 14.1. The molecular weight excluding hydrogens is 473 g/mol. The number of rotatable bonds is 8. The predicted octanol–water partition coefficient (Wildman–Crippen LogP) is 4.89. The van der Waals surface area contributed by atoms with Gasteiger partial charge in [0, 0.05) is 25.8 Å². The molecule has 0 aliphatic rings. The summed E-state index contributed by atoms with van der Waals surface area (Å²) < 4.78 is 19.4. The summed E-state index contributed by atoms with van der Waals surface area (Å²) in [6.45, 7) is 7.84. The molecule has 2 aromatic heterocycles. The maximum Gasteiger partial charge on any atom is 0.407 e. The maximum absolute atomic E-state index is 14.1. The van der Waals surface area contributed by atoms with E-state index in [1.165, 1.54) is 4.90 Å². The molecule has 0 saturated heterocycles. The van der Waals surface area contributed by atoms with Crippen molar-refractivity contribution in [2.75, 3.05) is 17.3 Å². The van der Waals surface area contributed by atoms with E-state index < -0.39 is 17.5 Å². The van der Waals surface area contributed by atoms with Gasteiger partial charge in [-0.1, -0.05) is 24.3 Å². The van der Waals surface area contributed by atoms with Crippen molar-refractivity contribution < 1.29 is 13.9 Å². The average Bonchev–Trinajstić information content (AvgIpc) is 2.78. The Labute approximate surface area is 209 Å². The number of nitrogens with one attached hydrogen (secondary N) is 2. The molecule has 11 heteroatoms. The largest absolute Gasteiger partial charge is 0.444 e. The number of carbonyl (C=O) groups is 1. The van der Waals surface area contributed by atoms with Gasteiger partial charge in [0.15, 0.2) is 11.6 Å². The summed E-state index contributed by atoms with van der Waals surface area (Å²) >= 11 is 5.81.